The molecular formula is C16H19N3O2S. The van der Waals surface area contributed by atoms with Crippen molar-refractivity contribution in [1.82, 2.24) is 14.9 Å². The molecule has 116 valence electrons. The summed E-state index contributed by atoms with van der Waals surface area (Å²) in [5, 5.41) is 2.95. The predicted molar refractivity (Wildman–Crippen MR) is 84.8 cm³/mol. The highest BCUT2D eigenvalue weighted by Crippen LogP contribution is 2.23. The summed E-state index contributed by atoms with van der Waals surface area (Å²) in [5.74, 6) is 0.115. The fourth-order valence-corrected chi connectivity index (χ4v) is 3.21. The van der Waals surface area contributed by atoms with Crippen LogP contribution in [0.3, 0.4) is 0 Å². The summed E-state index contributed by atoms with van der Waals surface area (Å²) in [7, 11) is 0. The predicted octanol–water partition coefficient (Wildman–Crippen LogP) is 2.30. The van der Waals surface area contributed by atoms with Crippen molar-refractivity contribution in [3.8, 4) is 0 Å². The lowest BCUT2D eigenvalue weighted by molar-refractivity contribution is -0.138. The van der Waals surface area contributed by atoms with Crippen molar-refractivity contribution in [2.75, 3.05) is 19.7 Å². The van der Waals surface area contributed by atoms with Gasteiger partial charge in [-0.2, -0.15) is 0 Å². The Morgan fingerprint density at radius 3 is 3.09 bits per heavy atom. The number of morpholine rings is 1. The third kappa shape index (κ3) is 3.51. The topological polar surface area (TPSA) is 55.3 Å². The van der Waals surface area contributed by atoms with Gasteiger partial charge < -0.3 is 9.64 Å². The second-order valence-electron chi connectivity index (χ2n) is 5.46. The van der Waals surface area contributed by atoms with Crippen LogP contribution in [0.5, 0.6) is 0 Å². The van der Waals surface area contributed by atoms with E-state index in [-0.39, 0.29) is 12.0 Å². The third-order valence-corrected chi connectivity index (χ3v) is 4.53. The number of nitrogens with zero attached hydrogens (tertiary/aromatic N) is 3. The van der Waals surface area contributed by atoms with Crippen molar-refractivity contribution in [3.05, 3.63) is 45.7 Å². The van der Waals surface area contributed by atoms with E-state index in [2.05, 4.69) is 9.97 Å². The number of thiazole rings is 1. The van der Waals surface area contributed by atoms with E-state index in [1.54, 1.807) is 17.5 Å². The Morgan fingerprint density at radius 2 is 2.36 bits per heavy atom. The molecule has 1 fully saturated rings. The molecule has 0 bridgehead atoms. The van der Waals surface area contributed by atoms with Gasteiger partial charge in [-0.3, -0.25) is 9.78 Å². The summed E-state index contributed by atoms with van der Waals surface area (Å²) in [4.78, 5) is 22.9. The molecule has 0 unspecified atom stereocenters. The van der Waals surface area contributed by atoms with Gasteiger partial charge >= 0.3 is 0 Å². The van der Waals surface area contributed by atoms with Crippen LogP contribution in [0, 0.1) is 13.8 Å². The van der Waals surface area contributed by atoms with Crippen LogP contribution < -0.4 is 0 Å². The number of aromatic nitrogens is 2. The average Bonchev–Trinajstić information content (AvgIpc) is 2.92. The van der Waals surface area contributed by atoms with E-state index in [0.29, 0.717) is 26.1 Å². The van der Waals surface area contributed by atoms with Crippen LogP contribution in [-0.2, 0) is 16.0 Å². The number of carbonyl (C=O) groups is 1. The molecule has 2 aromatic heterocycles. The Balaban J connectivity index is 1.66. The molecule has 0 radical (unpaired) electrons. The largest absolute Gasteiger partial charge is 0.370 e. The Hall–Kier alpha value is -1.79. The SMILES string of the molecule is Cc1cc([C@H]2CN(C(=O)Cc3csc(C)n3)CCO2)ccn1. The van der Waals surface area contributed by atoms with Crippen molar-refractivity contribution < 1.29 is 9.53 Å². The summed E-state index contributed by atoms with van der Waals surface area (Å²) < 4.78 is 5.82. The highest BCUT2D eigenvalue weighted by molar-refractivity contribution is 7.09. The molecule has 1 saturated heterocycles. The van der Waals surface area contributed by atoms with Crippen LogP contribution in [0.1, 0.15) is 28.1 Å². The summed E-state index contributed by atoms with van der Waals surface area (Å²) in [6, 6.07) is 3.97. The van der Waals surface area contributed by atoms with Crippen LogP contribution >= 0.6 is 11.3 Å². The second kappa shape index (κ2) is 6.54. The molecule has 2 aromatic rings. The number of carbonyl (C=O) groups excluding carboxylic acids is 1. The number of aryl methyl sites for hydroxylation is 2. The zero-order chi connectivity index (χ0) is 15.5. The monoisotopic (exact) mass is 317 g/mol. The van der Waals surface area contributed by atoms with E-state index in [1.807, 2.05) is 36.3 Å². The number of hydrogen-bond acceptors (Lipinski definition) is 5. The van der Waals surface area contributed by atoms with E-state index >= 15 is 0 Å². The molecule has 1 amide bonds. The van der Waals surface area contributed by atoms with E-state index < -0.39 is 0 Å². The van der Waals surface area contributed by atoms with Gasteiger partial charge in [-0.05, 0) is 31.5 Å². The first kappa shape index (κ1) is 15.1. The summed E-state index contributed by atoms with van der Waals surface area (Å²) in [6.07, 6.45) is 2.08. The van der Waals surface area contributed by atoms with Crippen molar-refractivity contribution in [3.63, 3.8) is 0 Å². The van der Waals surface area contributed by atoms with E-state index in [0.717, 1.165) is 22.0 Å². The van der Waals surface area contributed by atoms with Crippen molar-refractivity contribution in [1.29, 1.82) is 0 Å². The van der Waals surface area contributed by atoms with Crippen LogP contribution in [-0.4, -0.2) is 40.5 Å². The minimum absolute atomic E-state index is 0.0726. The second-order valence-corrected chi connectivity index (χ2v) is 6.53. The van der Waals surface area contributed by atoms with Crippen LogP contribution in [0.25, 0.3) is 0 Å². The van der Waals surface area contributed by atoms with Crippen LogP contribution in [0.15, 0.2) is 23.7 Å². The van der Waals surface area contributed by atoms with Gasteiger partial charge in [0.15, 0.2) is 0 Å². The number of ether oxygens (including phenoxy) is 1. The molecule has 0 aromatic carbocycles. The minimum Gasteiger partial charge on any atom is -0.370 e. The fourth-order valence-electron chi connectivity index (χ4n) is 2.60. The Kier molecular flexibility index (Phi) is 4.49. The van der Waals surface area contributed by atoms with Crippen molar-refractivity contribution >= 4 is 17.2 Å². The van der Waals surface area contributed by atoms with Gasteiger partial charge in [-0.15, -0.1) is 11.3 Å². The van der Waals surface area contributed by atoms with E-state index in [1.165, 1.54) is 0 Å². The number of rotatable bonds is 3. The average molecular weight is 317 g/mol. The maximum atomic E-state index is 12.4. The molecular weight excluding hydrogens is 298 g/mol. The molecule has 22 heavy (non-hydrogen) atoms. The Bertz CT molecular complexity index is 671. The van der Waals surface area contributed by atoms with Gasteiger partial charge in [0.05, 0.1) is 30.3 Å². The molecule has 5 nitrogen and oxygen atoms in total. The van der Waals surface area contributed by atoms with Gasteiger partial charge in [-0.1, -0.05) is 0 Å². The lowest BCUT2D eigenvalue weighted by Gasteiger charge is -2.33. The molecule has 1 aliphatic heterocycles. The molecule has 1 aliphatic rings. The lowest BCUT2D eigenvalue weighted by Crippen LogP contribution is -2.43. The molecule has 3 heterocycles. The zero-order valence-electron chi connectivity index (χ0n) is 12.8. The highest BCUT2D eigenvalue weighted by Gasteiger charge is 2.25. The number of hydrogen-bond donors (Lipinski definition) is 0. The lowest BCUT2D eigenvalue weighted by atomic mass is 10.1. The molecule has 0 aliphatic carbocycles. The van der Waals surface area contributed by atoms with Crippen LogP contribution in [0.2, 0.25) is 0 Å². The van der Waals surface area contributed by atoms with Gasteiger partial charge in [0, 0.05) is 23.8 Å². The first-order valence-electron chi connectivity index (χ1n) is 7.35. The standard InChI is InChI=1S/C16H19N3O2S/c1-11-7-13(3-4-17-11)15-9-19(5-6-21-15)16(20)8-14-10-22-12(2)18-14/h3-4,7,10,15H,5-6,8-9H2,1-2H3/t15-/m1/s1. The third-order valence-electron chi connectivity index (χ3n) is 3.71. The first-order chi connectivity index (χ1) is 10.6. The summed E-state index contributed by atoms with van der Waals surface area (Å²) in [6.45, 7) is 5.71. The summed E-state index contributed by atoms with van der Waals surface area (Å²) >= 11 is 1.58. The molecule has 6 heteroatoms. The van der Waals surface area contributed by atoms with E-state index in [9.17, 15) is 4.79 Å². The van der Waals surface area contributed by atoms with E-state index in [4.69, 9.17) is 4.74 Å². The van der Waals surface area contributed by atoms with Gasteiger partial charge in [-0.25, -0.2) is 4.98 Å². The maximum absolute atomic E-state index is 12.4. The van der Waals surface area contributed by atoms with Gasteiger partial charge in [0.1, 0.15) is 6.10 Å². The number of amides is 1. The van der Waals surface area contributed by atoms with Crippen LogP contribution in [0.4, 0.5) is 0 Å². The van der Waals surface area contributed by atoms with Gasteiger partial charge in [0.25, 0.3) is 0 Å². The van der Waals surface area contributed by atoms with Gasteiger partial charge in [0.2, 0.25) is 5.91 Å². The van der Waals surface area contributed by atoms with Crippen molar-refractivity contribution in [2.45, 2.75) is 26.4 Å². The fraction of sp³-hybridized carbons (Fsp3) is 0.438. The van der Waals surface area contributed by atoms with Crippen molar-refractivity contribution in [2.24, 2.45) is 0 Å². The number of pyridine rings is 1. The molecule has 1 atom stereocenters. The molecule has 3 rings (SSSR count). The quantitative estimate of drug-likeness (QED) is 0.871. The molecule has 0 spiro atoms. The Labute approximate surface area is 134 Å². The Morgan fingerprint density at radius 1 is 1.50 bits per heavy atom. The molecule has 0 N–H and O–H groups in total. The summed E-state index contributed by atoms with van der Waals surface area (Å²) in [5.41, 5.74) is 2.90. The first-order valence-corrected chi connectivity index (χ1v) is 8.23. The highest BCUT2D eigenvalue weighted by atomic mass is 32.1. The smallest absolute Gasteiger partial charge is 0.228 e. The normalized spacial score (nSPS) is 18.5. The molecule has 0 saturated carbocycles. The zero-order valence-corrected chi connectivity index (χ0v) is 13.6. The maximum Gasteiger partial charge on any atom is 0.228 e. The minimum atomic E-state index is -0.0726.